The van der Waals surface area contributed by atoms with Crippen molar-refractivity contribution in [1.82, 2.24) is 4.72 Å². The molecule has 2 N–H and O–H groups in total. The zero-order valence-corrected chi connectivity index (χ0v) is 19.8. The van der Waals surface area contributed by atoms with Crippen molar-refractivity contribution in [1.29, 1.82) is 0 Å². The van der Waals surface area contributed by atoms with E-state index in [-0.39, 0.29) is 39.1 Å². The van der Waals surface area contributed by atoms with Gasteiger partial charge >= 0.3 is 0 Å². The zero-order valence-electron chi connectivity index (χ0n) is 18.2. The van der Waals surface area contributed by atoms with E-state index in [1.807, 2.05) is 0 Å². The van der Waals surface area contributed by atoms with Crippen LogP contribution in [0.25, 0.3) is 0 Å². The van der Waals surface area contributed by atoms with Gasteiger partial charge in [-0.2, -0.15) is 0 Å². The van der Waals surface area contributed by atoms with Gasteiger partial charge in [-0.15, -0.1) is 0 Å². The number of sulfone groups is 1. The molecule has 11 heteroatoms. The molecule has 0 radical (unpaired) electrons. The van der Waals surface area contributed by atoms with Gasteiger partial charge in [0.05, 0.1) is 17.1 Å². The maximum Gasteiger partial charge on any atom is 0.266 e. The van der Waals surface area contributed by atoms with E-state index in [9.17, 15) is 25.6 Å². The number of rotatable bonds is 5. The third-order valence-corrected chi connectivity index (χ3v) is 8.00. The second kappa shape index (κ2) is 8.80. The Bertz CT molecular complexity index is 1500. The SMILES string of the molecule is CC(c1ccccc1F)c1c(F)ccc2c1NC(=NCc1ccc(S(C)(=O)=O)cc1)NS2(=O)=O. The molecule has 178 valence electrons. The summed E-state index contributed by atoms with van der Waals surface area (Å²) in [7, 11) is -7.42. The summed E-state index contributed by atoms with van der Waals surface area (Å²) in [4.78, 5) is 4.20. The van der Waals surface area contributed by atoms with Crippen LogP contribution in [0.1, 0.15) is 29.5 Å². The first kappa shape index (κ1) is 23.8. The van der Waals surface area contributed by atoms with Crippen LogP contribution in [-0.4, -0.2) is 29.1 Å². The number of hydrogen-bond acceptors (Lipinski definition) is 5. The first-order valence-electron chi connectivity index (χ1n) is 10.2. The van der Waals surface area contributed by atoms with E-state index in [1.54, 1.807) is 25.1 Å². The van der Waals surface area contributed by atoms with Crippen molar-refractivity contribution in [3.8, 4) is 0 Å². The fourth-order valence-electron chi connectivity index (χ4n) is 3.74. The average Bonchev–Trinajstić information content (AvgIpc) is 2.76. The van der Waals surface area contributed by atoms with E-state index >= 15 is 0 Å². The minimum Gasteiger partial charge on any atom is -0.324 e. The largest absolute Gasteiger partial charge is 0.324 e. The molecule has 0 spiro atoms. The Morgan fingerprint density at radius 1 is 0.971 bits per heavy atom. The number of hydrogen-bond donors (Lipinski definition) is 2. The molecule has 7 nitrogen and oxygen atoms in total. The second-order valence-corrected chi connectivity index (χ2v) is 11.6. The van der Waals surface area contributed by atoms with E-state index in [1.165, 1.54) is 30.3 Å². The molecule has 3 aromatic rings. The third-order valence-electron chi connectivity index (χ3n) is 5.49. The van der Waals surface area contributed by atoms with Gasteiger partial charge < -0.3 is 5.32 Å². The van der Waals surface area contributed by atoms with Gasteiger partial charge in [0.1, 0.15) is 16.5 Å². The molecule has 34 heavy (non-hydrogen) atoms. The quantitative estimate of drug-likeness (QED) is 0.549. The summed E-state index contributed by atoms with van der Waals surface area (Å²) in [5.74, 6) is -2.14. The highest BCUT2D eigenvalue weighted by molar-refractivity contribution is 7.90. The van der Waals surface area contributed by atoms with Crippen molar-refractivity contribution in [3.05, 3.63) is 89.0 Å². The monoisotopic (exact) mass is 505 g/mol. The Labute approximate surface area is 196 Å². The van der Waals surface area contributed by atoms with Crippen LogP contribution >= 0.6 is 0 Å². The van der Waals surface area contributed by atoms with Crippen LogP contribution in [0.3, 0.4) is 0 Å². The predicted molar refractivity (Wildman–Crippen MR) is 125 cm³/mol. The molecule has 0 aliphatic carbocycles. The molecule has 0 aromatic heterocycles. The van der Waals surface area contributed by atoms with Crippen molar-refractivity contribution >= 4 is 31.5 Å². The minimum atomic E-state index is -4.07. The summed E-state index contributed by atoms with van der Waals surface area (Å²) in [6, 6.07) is 14.1. The average molecular weight is 506 g/mol. The Balaban J connectivity index is 1.71. The first-order valence-corrected chi connectivity index (χ1v) is 13.5. The maximum atomic E-state index is 14.9. The molecular formula is C23H21F2N3O4S2. The van der Waals surface area contributed by atoms with Crippen LogP contribution < -0.4 is 10.0 Å². The van der Waals surface area contributed by atoms with Gasteiger partial charge in [-0.25, -0.2) is 35.3 Å². The van der Waals surface area contributed by atoms with Crippen molar-refractivity contribution in [2.45, 2.75) is 29.2 Å². The van der Waals surface area contributed by atoms with Crippen LogP contribution in [0, 0.1) is 11.6 Å². The Morgan fingerprint density at radius 3 is 2.29 bits per heavy atom. The van der Waals surface area contributed by atoms with Crippen LogP contribution in [0.4, 0.5) is 14.5 Å². The van der Waals surface area contributed by atoms with E-state index in [0.29, 0.717) is 5.56 Å². The molecule has 0 saturated heterocycles. The van der Waals surface area contributed by atoms with Gasteiger partial charge in [0.2, 0.25) is 5.96 Å². The molecule has 4 rings (SSSR count). The van der Waals surface area contributed by atoms with E-state index in [4.69, 9.17) is 0 Å². The highest BCUT2D eigenvalue weighted by atomic mass is 32.2. The van der Waals surface area contributed by atoms with Crippen LogP contribution in [0.15, 0.2) is 75.4 Å². The molecule has 1 heterocycles. The number of guanidine groups is 1. The second-order valence-electron chi connectivity index (χ2n) is 7.89. The van der Waals surface area contributed by atoms with Gasteiger partial charge in [0.15, 0.2) is 9.84 Å². The number of aliphatic imine (C=N–C) groups is 1. The van der Waals surface area contributed by atoms with Crippen molar-refractivity contribution in [2.75, 3.05) is 11.6 Å². The highest BCUT2D eigenvalue weighted by Gasteiger charge is 2.32. The Hall–Kier alpha value is -3.31. The van der Waals surface area contributed by atoms with Crippen molar-refractivity contribution in [3.63, 3.8) is 0 Å². The summed E-state index contributed by atoms with van der Waals surface area (Å²) in [5, 5.41) is 2.84. The normalized spacial score (nSPS) is 16.9. The standard InChI is InChI=1S/C23H21F2N3O4S2/c1-14(17-5-3-4-6-18(17)24)21-19(25)11-12-20-22(21)27-23(28-34(20,31)32)26-13-15-7-9-16(10-8-15)33(2,29)30/h3-12,14H,13H2,1-2H3,(H2,26,27,28). The van der Waals surface area contributed by atoms with Gasteiger partial charge in [0, 0.05) is 17.7 Å². The lowest BCUT2D eigenvalue weighted by molar-refractivity contribution is 0.577. The highest BCUT2D eigenvalue weighted by Crippen LogP contribution is 2.38. The summed E-state index contributed by atoms with van der Waals surface area (Å²) >= 11 is 0. The molecule has 0 fully saturated rings. The first-order chi connectivity index (χ1) is 16.0. The molecule has 1 unspecified atom stereocenters. The number of nitrogens with one attached hydrogen (secondary N) is 2. The van der Waals surface area contributed by atoms with Gasteiger partial charge in [-0.3, -0.25) is 0 Å². The number of fused-ring (bicyclic) bond motifs is 1. The Kier molecular flexibility index (Phi) is 6.17. The van der Waals surface area contributed by atoms with Gasteiger partial charge in [-0.05, 0) is 41.5 Å². The fourth-order valence-corrected chi connectivity index (χ4v) is 5.53. The zero-order chi connectivity index (χ0) is 24.7. The van der Waals surface area contributed by atoms with Gasteiger partial charge in [0.25, 0.3) is 10.0 Å². The molecule has 0 amide bonds. The lowest BCUT2D eigenvalue weighted by Crippen LogP contribution is -2.41. The number of sulfonamides is 1. The molecule has 0 bridgehead atoms. The fraction of sp³-hybridized carbons (Fsp3) is 0.174. The van der Waals surface area contributed by atoms with E-state index < -0.39 is 37.4 Å². The third kappa shape index (κ3) is 4.66. The summed E-state index contributed by atoms with van der Waals surface area (Å²) in [6.07, 6.45) is 1.10. The van der Waals surface area contributed by atoms with E-state index in [2.05, 4.69) is 15.0 Å². The number of halogens is 2. The molecule has 1 aliphatic rings. The Morgan fingerprint density at radius 2 is 1.65 bits per heavy atom. The summed E-state index contributed by atoms with van der Waals surface area (Å²) in [5.41, 5.74) is 0.835. The lowest BCUT2D eigenvalue weighted by Gasteiger charge is -2.26. The molecular weight excluding hydrogens is 484 g/mol. The van der Waals surface area contributed by atoms with Gasteiger partial charge in [-0.1, -0.05) is 37.3 Å². The smallest absolute Gasteiger partial charge is 0.266 e. The summed E-state index contributed by atoms with van der Waals surface area (Å²) in [6.45, 7) is 1.62. The summed E-state index contributed by atoms with van der Waals surface area (Å²) < 4.78 is 80.5. The number of benzene rings is 3. The molecule has 1 atom stereocenters. The van der Waals surface area contributed by atoms with E-state index in [0.717, 1.165) is 18.4 Å². The van der Waals surface area contributed by atoms with Crippen LogP contribution in [0.2, 0.25) is 0 Å². The predicted octanol–water partition coefficient (Wildman–Crippen LogP) is 3.78. The number of nitrogens with zero attached hydrogens (tertiary/aromatic N) is 1. The molecule has 1 aliphatic heterocycles. The van der Waals surface area contributed by atoms with Crippen LogP contribution in [-0.2, 0) is 26.4 Å². The lowest BCUT2D eigenvalue weighted by atomic mass is 9.91. The molecule has 0 saturated carbocycles. The molecule has 3 aromatic carbocycles. The van der Waals surface area contributed by atoms with Crippen LogP contribution in [0.5, 0.6) is 0 Å². The number of anilines is 1. The maximum absolute atomic E-state index is 14.9. The van der Waals surface area contributed by atoms with Crippen molar-refractivity contribution in [2.24, 2.45) is 4.99 Å². The topological polar surface area (TPSA) is 105 Å². The van der Waals surface area contributed by atoms with Crippen molar-refractivity contribution < 1.29 is 25.6 Å². The minimum absolute atomic E-state index is 0.00196.